The van der Waals surface area contributed by atoms with Crippen molar-refractivity contribution < 1.29 is 4.42 Å². The zero-order valence-electron chi connectivity index (χ0n) is 15.1. The first-order chi connectivity index (χ1) is 13.7. The Morgan fingerprint density at radius 3 is 2.71 bits per heavy atom. The van der Waals surface area contributed by atoms with Crippen LogP contribution in [0.1, 0.15) is 19.2 Å². The van der Waals surface area contributed by atoms with E-state index in [9.17, 15) is 4.79 Å². The maximum Gasteiger partial charge on any atom is 0.262 e. The summed E-state index contributed by atoms with van der Waals surface area (Å²) >= 11 is 4.92. The Bertz CT molecular complexity index is 1190. The Labute approximate surface area is 174 Å². The highest BCUT2D eigenvalue weighted by Gasteiger charge is 2.15. The molecule has 0 fully saturated rings. The van der Waals surface area contributed by atoms with Gasteiger partial charge in [0.05, 0.1) is 22.2 Å². The Morgan fingerprint density at radius 2 is 1.89 bits per heavy atom. The highest BCUT2D eigenvalue weighted by Crippen LogP contribution is 2.28. The molecule has 0 saturated heterocycles. The summed E-state index contributed by atoms with van der Waals surface area (Å²) in [5.74, 6) is 1.38. The number of fused-ring (bicyclic) bond motifs is 1. The van der Waals surface area contributed by atoms with E-state index in [4.69, 9.17) is 4.42 Å². The number of rotatable bonds is 6. The van der Waals surface area contributed by atoms with Gasteiger partial charge in [-0.15, -0.1) is 10.2 Å². The van der Waals surface area contributed by atoms with Crippen LogP contribution in [0.2, 0.25) is 0 Å². The fourth-order valence-corrected chi connectivity index (χ4v) is 4.18. The van der Waals surface area contributed by atoms with Gasteiger partial charge in [-0.05, 0) is 46.6 Å². The van der Waals surface area contributed by atoms with E-state index in [1.54, 1.807) is 4.57 Å². The molecule has 0 radical (unpaired) electrons. The first-order valence-electron chi connectivity index (χ1n) is 8.87. The van der Waals surface area contributed by atoms with Crippen molar-refractivity contribution in [2.45, 2.75) is 30.8 Å². The molecule has 142 valence electrons. The number of para-hydroxylation sites is 1. The number of benzene rings is 2. The molecule has 0 aliphatic heterocycles. The van der Waals surface area contributed by atoms with Gasteiger partial charge in [0.25, 0.3) is 5.56 Å². The molecule has 6 nitrogen and oxygen atoms in total. The van der Waals surface area contributed by atoms with E-state index < -0.39 is 0 Å². The van der Waals surface area contributed by atoms with Crippen LogP contribution in [0.15, 0.2) is 67.4 Å². The fourth-order valence-electron chi connectivity index (χ4n) is 2.86. The van der Waals surface area contributed by atoms with Crippen molar-refractivity contribution in [2.24, 2.45) is 0 Å². The molecule has 28 heavy (non-hydrogen) atoms. The third-order valence-corrected chi connectivity index (χ3v) is 5.82. The first-order valence-corrected chi connectivity index (χ1v) is 10.6. The summed E-state index contributed by atoms with van der Waals surface area (Å²) < 4.78 is 8.42. The van der Waals surface area contributed by atoms with Gasteiger partial charge in [-0.3, -0.25) is 9.36 Å². The second-order valence-corrected chi connectivity index (χ2v) is 7.93. The topological polar surface area (TPSA) is 73.8 Å². The Balaban J connectivity index is 1.62. The van der Waals surface area contributed by atoms with Crippen molar-refractivity contribution in [1.82, 2.24) is 19.7 Å². The van der Waals surface area contributed by atoms with E-state index in [2.05, 4.69) is 31.1 Å². The largest absolute Gasteiger partial charge is 0.420 e. The molecule has 0 unspecified atom stereocenters. The lowest BCUT2D eigenvalue weighted by Gasteiger charge is -2.11. The third-order valence-electron chi connectivity index (χ3n) is 4.17. The lowest BCUT2D eigenvalue weighted by molar-refractivity contribution is 0.527. The van der Waals surface area contributed by atoms with E-state index in [0.29, 0.717) is 40.1 Å². The summed E-state index contributed by atoms with van der Waals surface area (Å²) in [7, 11) is 0. The van der Waals surface area contributed by atoms with Gasteiger partial charge in [0.15, 0.2) is 5.16 Å². The number of thioether (sulfide) groups is 1. The van der Waals surface area contributed by atoms with Gasteiger partial charge in [0.2, 0.25) is 11.8 Å². The maximum atomic E-state index is 12.8. The van der Waals surface area contributed by atoms with Crippen LogP contribution in [0.4, 0.5) is 0 Å². The summed E-state index contributed by atoms with van der Waals surface area (Å²) in [6, 6.07) is 15.1. The van der Waals surface area contributed by atoms with E-state index in [0.717, 1.165) is 16.5 Å². The SMILES string of the molecule is CCCn1c(SCc2nnc(-c3ccccc3Br)o2)nc2ccccc2c1=O. The minimum atomic E-state index is -0.0191. The number of hydrogen-bond acceptors (Lipinski definition) is 6. The lowest BCUT2D eigenvalue weighted by atomic mass is 10.2. The highest BCUT2D eigenvalue weighted by molar-refractivity contribution is 9.10. The van der Waals surface area contributed by atoms with Crippen molar-refractivity contribution >= 4 is 38.6 Å². The zero-order valence-corrected chi connectivity index (χ0v) is 17.5. The average Bonchev–Trinajstić information content (AvgIpc) is 3.18. The van der Waals surface area contributed by atoms with Crippen LogP contribution in [0, 0.1) is 0 Å². The van der Waals surface area contributed by atoms with Gasteiger partial charge in [0, 0.05) is 11.0 Å². The zero-order chi connectivity index (χ0) is 19.5. The van der Waals surface area contributed by atoms with Crippen LogP contribution in [0.3, 0.4) is 0 Å². The van der Waals surface area contributed by atoms with Crippen LogP contribution in [-0.4, -0.2) is 19.7 Å². The summed E-state index contributed by atoms with van der Waals surface area (Å²) in [5.41, 5.74) is 1.52. The van der Waals surface area contributed by atoms with Crippen molar-refractivity contribution in [2.75, 3.05) is 0 Å². The molecular weight excluding hydrogens is 440 g/mol. The van der Waals surface area contributed by atoms with Gasteiger partial charge >= 0.3 is 0 Å². The van der Waals surface area contributed by atoms with Gasteiger partial charge in [-0.25, -0.2) is 4.98 Å². The summed E-state index contributed by atoms with van der Waals surface area (Å²) in [4.78, 5) is 17.5. The minimum Gasteiger partial charge on any atom is -0.420 e. The molecule has 0 saturated carbocycles. The van der Waals surface area contributed by atoms with Gasteiger partial charge in [-0.2, -0.15) is 0 Å². The quantitative estimate of drug-likeness (QED) is 0.303. The molecule has 2 aromatic heterocycles. The van der Waals surface area contributed by atoms with Crippen molar-refractivity contribution in [1.29, 1.82) is 0 Å². The molecule has 0 aliphatic carbocycles. The monoisotopic (exact) mass is 456 g/mol. The Morgan fingerprint density at radius 1 is 1.11 bits per heavy atom. The molecule has 0 bridgehead atoms. The van der Waals surface area contributed by atoms with Crippen LogP contribution in [-0.2, 0) is 12.3 Å². The lowest BCUT2D eigenvalue weighted by Crippen LogP contribution is -2.23. The molecule has 0 aliphatic rings. The van der Waals surface area contributed by atoms with Crippen molar-refractivity contribution in [3.8, 4) is 11.5 Å². The van der Waals surface area contributed by atoms with Gasteiger partial charge < -0.3 is 4.42 Å². The van der Waals surface area contributed by atoms with E-state index in [1.807, 2.05) is 55.5 Å². The molecule has 0 atom stereocenters. The van der Waals surface area contributed by atoms with E-state index in [1.165, 1.54) is 11.8 Å². The number of hydrogen-bond donors (Lipinski definition) is 0. The number of nitrogens with zero attached hydrogens (tertiary/aromatic N) is 4. The molecule has 8 heteroatoms. The van der Waals surface area contributed by atoms with Crippen LogP contribution in [0.25, 0.3) is 22.4 Å². The summed E-state index contributed by atoms with van der Waals surface area (Å²) in [6.45, 7) is 2.66. The Hall–Kier alpha value is -2.45. The van der Waals surface area contributed by atoms with E-state index in [-0.39, 0.29) is 5.56 Å². The van der Waals surface area contributed by atoms with Gasteiger partial charge in [0.1, 0.15) is 0 Å². The molecule has 0 N–H and O–H groups in total. The van der Waals surface area contributed by atoms with Gasteiger partial charge in [-0.1, -0.05) is 43.0 Å². The van der Waals surface area contributed by atoms with Crippen molar-refractivity contribution in [3.63, 3.8) is 0 Å². The molecule has 2 heterocycles. The summed E-state index contributed by atoms with van der Waals surface area (Å²) in [5, 5.41) is 9.56. The highest BCUT2D eigenvalue weighted by atomic mass is 79.9. The predicted molar refractivity (Wildman–Crippen MR) is 113 cm³/mol. The molecule has 2 aromatic carbocycles. The molecule has 0 spiro atoms. The summed E-state index contributed by atoms with van der Waals surface area (Å²) in [6.07, 6.45) is 0.847. The molecule has 0 amide bonds. The van der Waals surface area contributed by atoms with Crippen LogP contribution in [0.5, 0.6) is 0 Å². The molecule has 4 rings (SSSR count). The fraction of sp³-hybridized carbons (Fsp3) is 0.200. The Kier molecular flexibility index (Phi) is 5.59. The second kappa shape index (κ2) is 8.28. The van der Waals surface area contributed by atoms with Crippen LogP contribution < -0.4 is 5.56 Å². The molecule has 4 aromatic rings. The number of aromatic nitrogens is 4. The standard InChI is InChI=1S/C20H17BrN4O2S/c1-2-11-25-19(26)14-8-4-6-10-16(14)22-20(25)28-12-17-23-24-18(27-17)13-7-3-5-9-15(13)21/h3-10H,2,11-12H2,1H3. The third kappa shape index (κ3) is 3.74. The smallest absolute Gasteiger partial charge is 0.262 e. The van der Waals surface area contributed by atoms with Crippen LogP contribution >= 0.6 is 27.7 Å². The number of halogens is 1. The molecular formula is C20H17BrN4O2S. The maximum absolute atomic E-state index is 12.8. The van der Waals surface area contributed by atoms with Crippen molar-refractivity contribution in [3.05, 3.63) is 69.2 Å². The van der Waals surface area contributed by atoms with E-state index >= 15 is 0 Å². The predicted octanol–water partition coefficient (Wildman–Crippen LogP) is 4.91. The minimum absolute atomic E-state index is 0.0191. The average molecular weight is 457 g/mol. The second-order valence-electron chi connectivity index (χ2n) is 6.14. The first kappa shape index (κ1) is 18.9. The normalized spacial score (nSPS) is 11.2.